The maximum atomic E-state index is 12.7. The minimum atomic E-state index is -3.93. The molecule has 6 nitrogen and oxygen atoms in total. The summed E-state index contributed by atoms with van der Waals surface area (Å²) in [6.45, 7) is 0. The van der Waals surface area contributed by atoms with Crippen molar-refractivity contribution in [2.75, 3.05) is 0 Å². The summed E-state index contributed by atoms with van der Waals surface area (Å²) < 4.78 is 41.2. The number of rotatable bonds is 5. The molecular formula is C13H10FNO5S. The number of hydrogen-bond donors (Lipinski definition) is 0. The molecule has 0 atom stereocenters. The summed E-state index contributed by atoms with van der Waals surface area (Å²) in [5.74, 6) is -0.917. The fraction of sp³-hybridized carbons (Fsp3) is 0.0769. The van der Waals surface area contributed by atoms with Crippen LogP contribution in [0.2, 0.25) is 0 Å². The standard InChI is InChI=1S/C13H10FNO5S/c14-11-3-1-10(2-4-11)9-21(18,19)20-13-7-5-12(6-8-13)15(16)17/h1-8H,9H2. The predicted molar refractivity (Wildman–Crippen MR) is 72.7 cm³/mol. The Morgan fingerprint density at radius 3 is 2.14 bits per heavy atom. The zero-order valence-corrected chi connectivity index (χ0v) is 11.4. The smallest absolute Gasteiger partial charge is 0.313 e. The van der Waals surface area contributed by atoms with Crippen molar-refractivity contribution in [2.45, 2.75) is 5.75 Å². The monoisotopic (exact) mass is 311 g/mol. The Balaban J connectivity index is 2.10. The van der Waals surface area contributed by atoms with Gasteiger partial charge >= 0.3 is 10.1 Å². The van der Waals surface area contributed by atoms with Gasteiger partial charge < -0.3 is 4.18 Å². The highest BCUT2D eigenvalue weighted by atomic mass is 32.2. The first-order valence-electron chi connectivity index (χ1n) is 5.77. The van der Waals surface area contributed by atoms with E-state index in [1.54, 1.807) is 0 Å². The van der Waals surface area contributed by atoms with Crippen LogP contribution < -0.4 is 4.18 Å². The highest BCUT2D eigenvalue weighted by molar-refractivity contribution is 7.86. The van der Waals surface area contributed by atoms with Gasteiger partial charge in [0.15, 0.2) is 0 Å². The Labute approximate surface area is 120 Å². The van der Waals surface area contributed by atoms with Gasteiger partial charge in [-0.25, -0.2) is 4.39 Å². The van der Waals surface area contributed by atoms with Gasteiger partial charge in [-0.3, -0.25) is 10.1 Å². The number of benzene rings is 2. The van der Waals surface area contributed by atoms with Gasteiger partial charge in [-0.05, 0) is 29.8 Å². The lowest BCUT2D eigenvalue weighted by atomic mass is 10.2. The minimum absolute atomic E-state index is 0.0253. The van der Waals surface area contributed by atoms with Gasteiger partial charge in [-0.1, -0.05) is 12.1 Å². The van der Waals surface area contributed by atoms with E-state index in [1.165, 1.54) is 24.3 Å². The summed E-state index contributed by atoms with van der Waals surface area (Å²) in [7, 11) is -3.93. The molecule has 0 aliphatic carbocycles. The zero-order chi connectivity index (χ0) is 15.5. The predicted octanol–water partition coefficient (Wildman–Crippen LogP) is 2.64. The SMILES string of the molecule is O=[N+]([O-])c1ccc(OS(=O)(=O)Cc2ccc(F)cc2)cc1. The molecule has 0 heterocycles. The molecule has 0 fully saturated rings. The van der Waals surface area contributed by atoms with Gasteiger partial charge in [-0.2, -0.15) is 8.42 Å². The second-order valence-corrected chi connectivity index (χ2v) is 5.73. The number of nitrogens with zero attached hydrogens (tertiary/aromatic N) is 1. The van der Waals surface area contributed by atoms with E-state index in [0.717, 1.165) is 24.3 Å². The molecule has 0 radical (unpaired) electrons. The zero-order valence-electron chi connectivity index (χ0n) is 10.6. The average molecular weight is 311 g/mol. The normalized spacial score (nSPS) is 11.1. The largest absolute Gasteiger partial charge is 0.382 e. The molecule has 2 aromatic rings. The van der Waals surface area contributed by atoms with E-state index in [4.69, 9.17) is 4.18 Å². The summed E-state index contributed by atoms with van der Waals surface area (Å²) in [4.78, 5) is 9.88. The number of halogens is 1. The van der Waals surface area contributed by atoms with Crippen molar-refractivity contribution >= 4 is 15.8 Å². The maximum absolute atomic E-state index is 12.7. The molecule has 0 spiro atoms. The Morgan fingerprint density at radius 1 is 1.05 bits per heavy atom. The summed E-state index contributed by atoms with van der Waals surface area (Å²) in [5.41, 5.74) is 0.205. The van der Waals surface area contributed by atoms with Crippen molar-refractivity contribution < 1.29 is 21.9 Å². The number of hydrogen-bond acceptors (Lipinski definition) is 5. The molecule has 2 aromatic carbocycles. The molecule has 110 valence electrons. The third-order valence-electron chi connectivity index (χ3n) is 2.53. The van der Waals surface area contributed by atoms with E-state index in [0.29, 0.717) is 5.56 Å². The molecule has 8 heteroatoms. The lowest BCUT2D eigenvalue weighted by molar-refractivity contribution is -0.384. The summed E-state index contributed by atoms with van der Waals surface area (Å²) in [5, 5.41) is 10.5. The first-order chi connectivity index (χ1) is 9.85. The van der Waals surface area contributed by atoms with Crippen LogP contribution in [0.3, 0.4) is 0 Å². The third-order valence-corrected chi connectivity index (χ3v) is 3.66. The van der Waals surface area contributed by atoms with Crippen LogP contribution >= 0.6 is 0 Å². The van der Waals surface area contributed by atoms with Crippen molar-refractivity contribution in [3.8, 4) is 5.75 Å². The van der Waals surface area contributed by atoms with Crippen LogP contribution in [0.4, 0.5) is 10.1 Å². The number of nitro benzene ring substituents is 1. The van der Waals surface area contributed by atoms with Gasteiger partial charge in [0.05, 0.1) is 4.92 Å². The van der Waals surface area contributed by atoms with Crippen LogP contribution in [0.5, 0.6) is 5.75 Å². The topological polar surface area (TPSA) is 86.5 Å². The third kappa shape index (κ3) is 4.25. The molecule has 0 aromatic heterocycles. The molecule has 21 heavy (non-hydrogen) atoms. The molecule has 0 aliphatic rings. The van der Waals surface area contributed by atoms with Crippen molar-refractivity contribution in [1.29, 1.82) is 0 Å². The Bertz CT molecular complexity index is 741. The van der Waals surface area contributed by atoms with Gasteiger partial charge in [0.1, 0.15) is 17.3 Å². The molecule has 2 rings (SSSR count). The van der Waals surface area contributed by atoms with E-state index in [2.05, 4.69) is 0 Å². The van der Waals surface area contributed by atoms with Crippen LogP contribution in [0, 0.1) is 15.9 Å². The van der Waals surface area contributed by atoms with E-state index < -0.39 is 26.6 Å². The Hall–Kier alpha value is -2.48. The van der Waals surface area contributed by atoms with E-state index in [1.807, 2.05) is 0 Å². The molecule has 0 amide bonds. The Morgan fingerprint density at radius 2 is 1.62 bits per heavy atom. The van der Waals surface area contributed by atoms with Gasteiger partial charge in [0.25, 0.3) is 5.69 Å². The quantitative estimate of drug-likeness (QED) is 0.481. The molecule has 0 aliphatic heterocycles. The van der Waals surface area contributed by atoms with Crippen molar-refractivity contribution in [3.63, 3.8) is 0 Å². The van der Waals surface area contributed by atoms with Crippen molar-refractivity contribution in [3.05, 3.63) is 70.0 Å². The fourth-order valence-corrected chi connectivity index (χ4v) is 2.65. The van der Waals surface area contributed by atoms with E-state index >= 15 is 0 Å². The molecule has 0 saturated carbocycles. The lowest BCUT2D eigenvalue weighted by Crippen LogP contribution is -2.12. The Kier molecular flexibility index (Phi) is 4.18. The van der Waals surface area contributed by atoms with Crippen LogP contribution in [-0.2, 0) is 15.9 Å². The molecule has 0 saturated heterocycles. The summed E-state index contributed by atoms with van der Waals surface area (Å²) in [6, 6.07) is 9.65. The highest BCUT2D eigenvalue weighted by Crippen LogP contribution is 2.20. The van der Waals surface area contributed by atoms with Gasteiger partial charge in [0, 0.05) is 12.1 Å². The fourth-order valence-electron chi connectivity index (χ4n) is 1.58. The minimum Gasteiger partial charge on any atom is -0.382 e. The first kappa shape index (κ1) is 14.9. The molecule has 0 bridgehead atoms. The lowest BCUT2D eigenvalue weighted by Gasteiger charge is -2.06. The van der Waals surface area contributed by atoms with Gasteiger partial charge in [0.2, 0.25) is 0 Å². The van der Waals surface area contributed by atoms with Crippen LogP contribution in [-0.4, -0.2) is 13.3 Å². The van der Waals surface area contributed by atoms with Gasteiger partial charge in [-0.15, -0.1) is 0 Å². The highest BCUT2D eigenvalue weighted by Gasteiger charge is 2.15. The maximum Gasteiger partial charge on any atom is 0.313 e. The molecular weight excluding hydrogens is 301 g/mol. The van der Waals surface area contributed by atoms with E-state index in [9.17, 15) is 22.9 Å². The molecule has 0 N–H and O–H groups in total. The van der Waals surface area contributed by atoms with Crippen LogP contribution in [0.15, 0.2) is 48.5 Å². The second-order valence-electron chi connectivity index (χ2n) is 4.16. The first-order valence-corrected chi connectivity index (χ1v) is 7.34. The molecule has 0 unspecified atom stereocenters. The number of nitro groups is 1. The average Bonchev–Trinajstić information content (AvgIpc) is 2.41. The van der Waals surface area contributed by atoms with E-state index in [-0.39, 0.29) is 11.4 Å². The summed E-state index contributed by atoms with van der Waals surface area (Å²) >= 11 is 0. The van der Waals surface area contributed by atoms with Crippen LogP contribution in [0.25, 0.3) is 0 Å². The van der Waals surface area contributed by atoms with Crippen molar-refractivity contribution in [1.82, 2.24) is 0 Å². The van der Waals surface area contributed by atoms with Crippen LogP contribution in [0.1, 0.15) is 5.56 Å². The summed E-state index contributed by atoms with van der Waals surface area (Å²) in [6.07, 6.45) is 0. The second kappa shape index (κ2) is 5.88. The number of non-ortho nitro benzene ring substituents is 1. The van der Waals surface area contributed by atoms with Crippen molar-refractivity contribution in [2.24, 2.45) is 0 Å².